The molecule has 0 spiro atoms. The number of carbonyl (C=O) groups is 2. The molecule has 0 radical (unpaired) electrons. The summed E-state index contributed by atoms with van der Waals surface area (Å²) in [6.45, 7) is 8.96. The molecule has 8 nitrogen and oxygen atoms in total. The Morgan fingerprint density at radius 1 is 1.21 bits per heavy atom. The molecular weight excluding hydrogens is 484 g/mol. The van der Waals surface area contributed by atoms with E-state index < -0.39 is 21.8 Å². The standard InChI is InChI=1S/C22H26N4O4S2.ClH/c1-4-11-26(12-5-2)32(29,30)16-8-6-15(7-9-16)21(28)24-22-19(20(23)27)17-10-13-25(3)14-18(17)31-22;/h4-9H,1-2,10-14H2,3H3,(H2,23,27)(H,24,28);1H. The van der Waals surface area contributed by atoms with Crippen LogP contribution < -0.4 is 11.1 Å². The molecule has 1 aromatic carbocycles. The van der Waals surface area contributed by atoms with Gasteiger partial charge in [-0.25, -0.2) is 8.42 Å². The van der Waals surface area contributed by atoms with Crippen LogP contribution in [0, 0.1) is 0 Å². The van der Waals surface area contributed by atoms with E-state index in [1.807, 2.05) is 7.05 Å². The zero-order valence-corrected chi connectivity index (χ0v) is 20.7. The van der Waals surface area contributed by atoms with Crippen LogP contribution in [0.2, 0.25) is 0 Å². The Morgan fingerprint density at radius 2 is 1.82 bits per heavy atom. The quantitative estimate of drug-likeness (QED) is 0.504. The largest absolute Gasteiger partial charge is 0.365 e. The van der Waals surface area contributed by atoms with Gasteiger partial charge in [0, 0.05) is 36.6 Å². The Labute approximate surface area is 204 Å². The first-order valence-corrected chi connectivity index (χ1v) is 12.2. The number of nitrogens with one attached hydrogen (secondary N) is 1. The van der Waals surface area contributed by atoms with Gasteiger partial charge in [-0.3, -0.25) is 9.59 Å². The average molecular weight is 511 g/mol. The lowest BCUT2D eigenvalue weighted by Crippen LogP contribution is -2.31. The van der Waals surface area contributed by atoms with Crippen molar-refractivity contribution < 1.29 is 18.0 Å². The molecule has 1 aliphatic rings. The Kier molecular flexibility index (Phi) is 8.98. The minimum Gasteiger partial charge on any atom is -0.365 e. The molecule has 11 heteroatoms. The Bertz CT molecular complexity index is 1150. The summed E-state index contributed by atoms with van der Waals surface area (Å²) in [4.78, 5) is 28.1. The van der Waals surface area contributed by atoms with Crippen molar-refractivity contribution in [1.29, 1.82) is 0 Å². The number of hydrogen-bond acceptors (Lipinski definition) is 6. The maximum Gasteiger partial charge on any atom is 0.256 e. The summed E-state index contributed by atoms with van der Waals surface area (Å²) in [6.07, 6.45) is 3.68. The van der Waals surface area contributed by atoms with Gasteiger partial charge in [0.1, 0.15) is 5.00 Å². The monoisotopic (exact) mass is 510 g/mol. The highest BCUT2D eigenvalue weighted by atomic mass is 35.5. The number of thiophene rings is 1. The molecule has 0 saturated heterocycles. The van der Waals surface area contributed by atoms with Gasteiger partial charge in [-0.1, -0.05) is 12.2 Å². The van der Waals surface area contributed by atoms with Gasteiger partial charge in [-0.05, 0) is 43.3 Å². The minimum absolute atomic E-state index is 0. The number of sulfonamides is 1. The predicted octanol–water partition coefficient (Wildman–Crippen LogP) is 2.87. The van der Waals surface area contributed by atoms with E-state index in [2.05, 4.69) is 23.4 Å². The highest BCUT2D eigenvalue weighted by Gasteiger charge is 2.27. The van der Waals surface area contributed by atoms with E-state index >= 15 is 0 Å². The maximum atomic E-state index is 12.8. The lowest BCUT2D eigenvalue weighted by atomic mass is 10.0. The van der Waals surface area contributed by atoms with E-state index in [0.717, 1.165) is 17.0 Å². The molecule has 33 heavy (non-hydrogen) atoms. The highest BCUT2D eigenvalue weighted by molar-refractivity contribution is 7.89. The zero-order valence-electron chi connectivity index (χ0n) is 18.2. The molecule has 1 aliphatic heterocycles. The summed E-state index contributed by atoms with van der Waals surface area (Å²) in [5.41, 5.74) is 7.11. The number of rotatable bonds is 9. The van der Waals surface area contributed by atoms with E-state index in [-0.39, 0.29) is 36.0 Å². The topological polar surface area (TPSA) is 113 Å². The molecule has 3 N–H and O–H groups in total. The van der Waals surface area contributed by atoms with Gasteiger partial charge >= 0.3 is 0 Å². The van der Waals surface area contributed by atoms with Crippen LogP contribution in [-0.4, -0.2) is 56.1 Å². The lowest BCUT2D eigenvalue weighted by Gasteiger charge is -2.22. The van der Waals surface area contributed by atoms with Crippen molar-refractivity contribution in [1.82, 2.24) is 9.21 Å². The van der Waals surface area contributed by atoms with Gasteiger partial charge < -0.3 is 16.0 Å². The lowest BCUT2D eigenvalue weighted by molar-refractivity contribution is 0.1000. The van der Waals surface area contributed by atoms with Gasteiger partial charge in [0.25, 0.3) is 11.8 Å². The first kappa shape index (κ1) is 26.7. The second-order valence-electron chi connectivity index (χ2n) is 7.44. The molecule has 0 atom stereocenters. The first-order valence-electron chi connectivity index (χ1n) is 9.95. The van der Waals surface area contributed by atoms with Gasteiger partial charge in [-0.2, -0.15) is 4.31 Å². The van der Waals surface area contributed by atoms with E-state index in [0.29, 0.717) is 23.5 Å². The number of nitrogens with zero attached hydrogens (tertiary/aromatic N) is 2. The van der Waals surface area contributed by atoms with Crippen molar-refractivity contribution >= 4 is 50.6 Å². The number of anilines is 1. The van der Waals surface area contributed by atoms with Gasteiger partial charge in [0.05, 0.1) is 10.5 Å². The molecule has 0 bridgehead atoms. The summed E-state index contributed by atoms with van der Waals surface area (Å²) >= 11 is 1.34. The van der Waals surface area contributed by atoms with E-state index in [9.17, 15) is 18.0 Å². The van der Waals surface area contributed by atoms with E-state index in [1.54, 1.807) is 0 Å². The van der Waals surface area contributed by atoms with Gasteiger partial charge in [0.15, 0.2) is 0 Å². The molecule has 0 unspecified atom stereocenters. The Balaban J connectivity index is 0.00000385. The summed E-state index contributed by atoms with van der Waals surface area (Å²) in [7, 11) is -1.76. The third-order valence-corrected chi connectivity index (χ3v) is 8.12. The fourth-order valence-corrected chi connectivity index (χ4v) is 6.25. The molecule has 2 aromatic rings. The van der Waals surface area contributed by atoms with Crippen molar-refractivity contribution in [3.05, 3.63) is 71.1 Å². The number of nitrogens with two attached hydrogens (primary N) is 1. The third-order valence-electron chi connectivity index (χ3n) is 5.14. The smallest absolute Gasteiger partial charge is 0.256 e. The Morgan fingerprint density at radius 3 is 2.36 bits per heavy atom. The van der Waals surface area contributed by atoms with Crippen LogP contribution in [0.4, 0.5) is 5.00 Å². The predicted molar refractivity (Wildman–Crippen MR) is 134 cm³/mol. The van der Waals surface area contributed by atoms with Gasteiger partial charge in [-0.15, -0.1) is 36.9 Å². The second-order valence-corrected chi connectivity index (χ2v) is 10.5. The van der Waals surface area contributed by atoms with Crippen molar-refractivity contribution in [3.8, 4) is 0 Å². The number of amides is 2. The maximum absolute atomic E-state index is 12.8. The molecule has 0 fully saturated rings. The number of benzene rings is 1. The van der Waals surface area contributed by atoms with Crippen LogP contribution in [0.3, 0.4) is 0 Å². The molecule has 2 amide bonds. The van der Waals surface area contributed by atoms with Crippen LogP contribution in [0.25, 0.3) is 0 Å². The molecule has 2 heterocycles. The molecule has 0 aliphatic carbocycles. The molecule has 0 saturated carbocycles. The highest BCUT2D eigenvalue weighted by Crippen LogP contribution is 2.36. The molecule has 3 rings (SSSR count). The number of fused-ring (bicyclic) bond motifs is 1. The van der Waals surface area contributed by atoms with Crippen molar-refractivity contribution in [2.75, 3.05) is 32.0 Å². The van der Waals surface area contributed by atoms with Crippen LogP contribution in [0.15, 0.2) is 54.5 Å². The summed E-state index contributed by atoms with van der Waals surface area (Å²) in [6, 6.07) is 5.64. The van der Waals surface area contributed by atoms with Crippen LogP contribution in [0.1, 0.15) is 31.2 Å². The number of primary amides is 1. The number of carbonyl (C=O) groups excluding carboxylic acids is 2. The fraction of sp³-hybridized carbons (Fsp3) is 0.273. The minimum atomic E-state index is -3.76. The molecular formula is C22H27ClN4O4S2. The van der Waals surface area contributed by atoms with E-state index in [1.165, 1.54) is 52.1 Å². The number of halogens is 1. The Hall–Kier alpha value is -2.50. The zero-order chi connectivity index (χ0) is 23.5. The third kappa shape index (κ3) is 5.71. The number of hydrogen-bond donors (Lipinski definition) is 2. The van der Waals surface area contributed by atoms with Crippen molar-refractivity contribution in [2.24, 2.45) is 5.73 Å². The van der Waals surface area contributed by atoms with Crippen LogP contribution in [-0.2, 0) is 23.0 Å². The summed E-state index contributed by atoms with van der Waals surface area (Å²) in [5, 5.41) is 3.19. The normalized spacial score (nSPS) is 13.6. The second kappa shape index (κ2) is 11.1. The van der Waals surface area contributed by atoms with Crippen LogP contribution >= 0.6 is 23.7 Å². The first-order chi connectivity index (χ1) is 15.2. The van der Waals surface area contributed by atoms with E-state index in [4.69, 9.17) is 5.73 Å². The summed E-state index contributed by atoms with van der Waals surface area (Å²) < 4.78 is 26.9. The average Bonchev–Trinajstić information content (AvgIpc) is 3.10. The van der Waals surface area contributed by atoms with Gasteiger partial charge in [0.2, 0.25) is 10.0 Å². The molecule has 178 valence electrons. The van der Waals surface area contributed by atoms with Crippen molar-refractivity contribution in [3.63, 3.8) is 0 Å². The summed E-state index contributed by atoms with van der Waals surface area (Å²) in [5.74, 6) is -1.02. The SMILES string of the molecule is C=CCN(CC=C)S(=O)(=O)c1ccc(C(=O)Nc2sc3c(c2C(N)=O)CCN(C)C3)cc1.Cl. The fourth-order valence-electron chi connectivity index (χ4n) is 3.54. The van der Waals surface area contributed by atoms with Crippen LogP contribution in [0.5, 0.6) is 0 Å². The van der Waals surface area contributed by atoms with Crippen molar-refractivity contribution in [2.45, 2.75) is 17.9 Å². The molecule has 1 aromatic heterocycles. The number of likely N-dealkylation sites (N-methyl/N-ethyl adjacent to an activating group) is 1.